The highest BCUT2D eigenvalue weighted by atomic mass is 35.5. The molecule has 0 heterocycles. The Morgan fingerprint density at radius 3 is 2.26 bits per heavy atom. The van der Waals surface area contributed by atoms with Crippen molar-refractivity contribution in [1.82, 2.24) is 10.2 Å². The summed E-state index contributed by atoms with van der Waals surface area (Å²) in [6.07, 6.45) is 4.29. The third-order valence-electron chi connectivity index (χ3n) is 7.93. The predicted octanol–water partition coefficient (Wildman–Crippen LogP) is 6.03. The van der Waals surface area contributed by atoms with Gasteiger partial charge in [-0.15, -0.1) is 0 Å². The van der Waals surface area contributed by atoms with Crippen LogP contribution in [0.4, 0.5) is 5.69 Å². The number of sulfonamides is 1. The Kier molecular flexibility index (Phi) is 10.7. The van der Waals surface area contributed by atoms with Crippen LogP contribution in [0.3, 0.4) is 0 Å². The molecule has 1 atom stereocenters. The number of nitrogens with one attached hydrogen (secondary N) is 1. The zero-order valence-corrected chi connectivity index (χ0v) is 26.7. The molecule has 8 nitrogen and oxygen atoms in total. The van der Waals surface area contributed by atoms with Crippen molar-refractivity contribution < 1.29 is 22.7 Å². The first-order valence-corrected chi connectivity index (χ1v) is 16.4. The van der Waals surface area contributed by atoms with Crippen molar-refractivity contribution in [3.63, 3.8) is 0 Å². The van der Waals surface area contributed by atoms with E-state index < -0.39 is 28.5 Å². The van der Waals surface area contributed by atoms with Gasteiger partial charge >= 0.3 is 0 Å². The maximum absolute atomic E-state index is 14.3. The monoisotopic (exact) mass is 625 g/mol. The molecule has 230 valence electrons. The Morgan fingerprint density at radius 2 is 1.65 bits per heavy atom. The zero-order chi connectivity index (χ0) is 31.1. The first-order valence-electron chi connectivity index (χ1n) is 14.6. The normalized spacial score (nSPS) is 14.3. The third-order valence-corrected chi connectivity index (χ3v) is 9.94. The average Bonchev–Trinajstić information content (AvgIpc) is 3.50. The second kappa shape index (κ2) is 14.3. The van der Waals surface area contributed by atoms with Crippen molar-refractivity contribution in [3.8, 4) is 5.75 Å². The van der Waals surface area contributed by atoms with E-state index in [9.17, 15) is 18.0 Å². The van der Waals surface area contributed by atoms with Crippen molar-refractivity contribution in [1.29, 1.82) is 0 Å². The van der Waals surface area contributed by atoms with Crippen LogP contribution in [0.2, 0.25) is 5.02 Å². The zero-order valence-electron chi connectivity index (χ0n) is 25.2. The van der Waals surface area contributed by atoms with Crippen LogP contribution >= 0.6 is 11.6 Å². The fourth-order valence-electron chi connectivity index (χ4n) is 5.42. The molecule has 10 heteroatoms. The van der Waals surface area contributed by atoms with E-state index in [1.165, 1.54) is 17.0 Å². The van der Waals surface area contributed by atoms with Crippen molar-refractivity contribution >= 4 is 39.1 Å². The minimum absolute atomic E-state index is 0.0537. The van der Waals surface area contributed by atoms with Crippen LogP contribution in [-0.4, -0.2) is 50.9 Å². The fraction of sp³-hybridized carbons (Fsp3) is 0.394. The molecule has 1 aliphatic rings. The van der Waals surface area contributed by atoms with Gasteiger partial charge in [0.25, 0.3) is 10.0 Å². The molecule has 1 aliphatic carbocycles. The fourth-order valence-corrected chi connectivity index (χ4v) is 7.05. The number of ether oxygens (including phenoxy) is 1. The maximum Gasteiger partial charge on any atom is 0.264 e. The number of anilines is 1. The molecule has 0 saturated heterocycles. The smallest absolute Gasteiger partial charge is 0.264 e. The third kappa shape index (κ3) is 7.89. The van der Waals surface area contributed by atoms with Crippen LogP contribution in [0.25, 0.3) is 0 Å². The lowest BCUT2D eigenvalue weighted by Crippen LogP contribution is -2.53. The summed E-state index contributed by atoms with van der Waals surface area (Å²) in [6.45, 7) is 5.10. The summed E-state index contributed by atoms with van der Waals surface area (Å²) in [7, 11) is -2.61. The standard InChI is InChI=1S/C33H40ClN3O5S/c1-5-30(33(39)35-27-8-6-7-9-27)36(21-25-13-16-28(42-4)17-14-25)32(38)22-37(31-20-26(34)15-12-24(31)3)43(40,41)29-18-10-23(2)11-19-29/h10-20,27,30H,5-9,21-22H2,1-4H3,(H,35,39). The molecule has 0 spiro atoms. The first-order chi connectivity index (χ1) is 20.5. The second-order valence-electron chi connectivity index (χ2n) is 11.0. The molecule has 1 N–H and O–H groups in total. The van der Waals surface area contributed by atoms with Crippen molar-refractivity contribution in [2.45, 2.75) is 76.4 Å². The number of methoxy groups -OCH3 is 1. The van der Waals surface area contributed by atoms with E-state index in [-0.39, 0.29) is 23.4 Å². The molecule has 4 rings (SSSR count). The molecular weight excluding hydrogens is 586 g/mol. The molecule has 0 bridgehead atoms. The Labute approximate surface area is 260 Å². The molecule has 2 amide bonds. The van der Waals surface area contributed by atoms with E-state index in [1.807, 2.05) is 26.0 Å². The molecule has 0 aromatic heterocycles. The number of benzene rings is 3. The van der Waals surface area contributed by atoms with Crippen molar-refractivity contribution in [3.05, 3.63) is 88.4 Å². The molecule has 3 aromatic rings. The van der Waals surface area contributed by atoms with Crippen LogP contribution in [0.15, 0.2) is 71.6 Å². The predicted molar refractivity (Wildman–Crippen MR) is 170 cm³/mol. The van der Waals surface area contributed by atoms with Gasteiger partial charge in [0.15, 0.2) is 0 Å². The summed E-state index contributed by atoms with van der Waals surface area (Å²) >= 11 is 6.32. The van der Waals surface area contributed by atoms with E-state index in [0.717, 1.165) is 41.1 Å². The Balaban J connectivity index is 1.74. The number of rotatable bonds is 12. The van der Waals surface area contributed by atoms with E-state index in [1.54, 1.807) is 56.5 Å². The quantitative estimate of drug-likeness (QED) is 0.265. The van der Waals surface area contributed by atoms with Gasteiger partial charge in [0.2, 0.25) is 11.8 Å². The number of nitrogens with zero attached hydrogens (tertiary/aromatic N) is 2. The van der Waals surface area contributed by atoms with Gasteiger partial charge in [-0.05, 0) is 80.6 Å². The molecule has 0 aliphatic heterocycles. The van der Waals surface area contributed by atoms with Gasteiger partial charge in [-0.1, -0.05) is 67.3 Å². The van der Waals surface area contributed by atoms with Gasteiger partial charge in [0.1, 0.15) is 18.3 Å². The lowest BCUT2D eigenvalue weighted by Gasteiger charge is -2.34. The van der Waals surface area contributed by atoms with E-state index in [0.29, 0.717) is 28.4 Å². The van der Waals surface area contributed by atoms with E-state index in [4.69, 9.17) is 16.3 Å². The molecule has 0 radical (unpaired) electrons. The van der Waals surface area contributed by atoms with E-state index >= 15 is 0 Å². The summed E-state index contributed by atoms with van der Waals surface area (Å²) < 4.78 is 34.6. The average molecular weight is 626 g/mol. The van der Waals surface area contributed by atoms with Gasteiger partial charge in [0.05, 0.1) is 17.7 Å². The number of hydrogen-bond donors (Lipinski definition) is 1. The van der Waals surface area contributed by atoms with Gasteiger partial charge in [0, 0.05) is 17.6 Å². The summed E-state index contributed by atoms with van der Waals surface area (Å²) in [5.74, 6) is -0.0677. The molecule has 1 unspecified atom stereocenters. The number of aryl methyl sites for hydroxylation is 2. The van der Waals surface area contributed by atoms with Crippen LogP contribution < -0.4 is 14.4 Å². The Hall–Kier alpha value is -3.56. The Morgan fingerprint density at radius 1 is 1.00 bits per heavy atom. The van der Waals surface area contributed by atoms with Crippen molar-refractivity contribution in [2.24, 2.45) is 0 Å². The molecular formula is C33H40ClN3O5S. The summed E-state index contributed by atoms with van der Waals surface area (Å²) in [4.78, 5) is 29.4. The molecule has 43 heavy (non-hydrogen) atoms. The number of carbonyl (C=O) groups is 2. The molecule has 1 fully saturated rings. The lowest BCUT2D eigenvalue weighted by molar-refractivity contribution is -0.140. The van der Waals surface area contributed by atoms with Crippen LogP contribution in [0, 0.1) is 13.8 Å². The van der Waals surface area contributed by atoms with Crippen LogP contribution in [0.5, 0.6) is 5.75 Å². The second-order valence-corrected chi connectivity index (χ2v) is 13.3. The first kappa shape index (κ1) is 32.4. The van der Waals surface area contributed by atoms with Crippen LogP contribution in [0.1, 0.15) is 55.7 Å². The highest BCUT2D eigenvalue weighted by molar-refractivity contribution is 7.92. The molecule has 1 saturated carbocycles. The SMILES string of the molecule is CCC(C(=O)NC1CCCC1)N(Cc1ccc(OC)cc1)C(=O)CN(c1cc(Cl)ccc1C)S(=O)(=O)c1ccc(C)cc1. The summed E-state index contributed by atoms with van der Waals surface area (Å²) in [6, 6.07) is 18.0. The number of amides is 2. The van der Waals surface area contributed by atoms with Gasteiger partial charge < -0.3 is 15.0 Å². The van der Waals surface area contributed by atoms with Gasteiger partial charge in [-0.25, -0.2) is 8.42 Å². The van der Waals surface area contributed by atoms with Gasteiger partial charge in [-0.3, -0.25) is 13.9 Å². The lowest BCUT2D eigenvalue weighted by atomic mass is 10.1. The largest absolute Gasteiger partial charge is 0.497 e. The highest BCUT2D eigenvalue weighted by Crippen LogP contribution is 2.30. The van der Waals surface area contributed by atoms with E-state index in [2.05, 4.69) is 5.32 Å². The number of halogens is 1. The minimum atomic E-state index is -4.18. The number of hydrogen-bond acceptors (Lipinski definition) is 5. The summed E-state index contributed by atoms with van der Waals surface area (Å²) in [5, 5.41) is 3.47. The Bertz CT molecular complexity index is 1520. The highest BCUT2D eigenvalue weighted by Gasteiger charge is 2.35. The topological polar surface area (TPSA) is 96.0 Å². The van der Waals surface area contributed by atoms with Crippen molar-refractivity contribution in [2.75, 3.05) is 18.0 Å². The minimum Gasteiger partial charge on any atom is -0.497 e. The van der Waals surface area contributed by atoms with Gasteiger partial charge in [-0.2, -0.15) is 0 Å². The van der Waals surface area contributed by atoms with Crippen LogP contribution in [-0.2, 0) is 26.2 Å². The molecule has 3 aromatic carbocycles. The maximum atomic E-state index is 14.3. The number of carbonyl (C=O) groups excluding carboxylic acids is 2. The summed E-state index contributed by atoms with van der Waals surface area (Å²) in [5.41, 5.74) is 2.63.